The van der Waals surface area contributed by atoms with Gasteiger partial charge >= 0.3 is 0 Å². The number of fused-ring (bicyclic) bond motifs is 1. The predicted molar refractivity (Wildman–Crippen MR) is 63.1 cm³/mol. The first-order chi connectivity index (χ1) is 8.64. The fourth-order valence-corrected chi connectivity index (χ4v) is 3.10. The van der Waals surface area contributed by atoms with Crippen LogP contribution in [0.2, 0.25) is 0 Å². The summed E-state index contributed by atoms with van der Waals surface area (Å²) >= 11 is 0. The number of nitriles is 1. The standard InChI is InChI=1S/C13H17N3O2/c14-8-13(4-5-13)12(18)16-6-3-10-9(7-16)1-2-11(17)15-10/h9-10H,1-7H2,(H,15,17). The van der Waals surface area contributed by atoms with E-state index < -0.39 is 5.41 Å². The molecule has 2 aliphatic heterocycles. The first-order valence-electron chi connectivity index (χ1n) is 6.65. The minimum absolute atomic E-state index is 0.0142. The molecule has 0 radical (unpaired) electrons. The Morgan fingerprint density at radius 1 is 1.44 bits per heavy atom. The molecule has 96 valence electrons. The molecule has 3 fully saturated rings. The molecule has 5 nitrogen and oxygen atoms in total. The lowest BCUT2D eigenvalue weighted by atomic mass is 9.84. The molecule has 0 bridgehead atoms. The Morgan fingerprint density at radius 2 is 2.22 bits per heavy atom. The molecule has 2 amide bonds. The van der Waals surface area contributed by atoms with Crippen molar-refractivity contribution >= 4 is 11.8 Å². The molecule has 2 heterocycles. The van der Waals surface area contributed by atoms with E-state index in [1.165, 1.54) is 0 Å². The molecule has 0 aromatic carbocycles. The Kier molecular flexibility index (Phi) is 2.54. The van der Waals surface area contributed by atoms with Crippen molar-refractivity contribution in [3.8, 4) is 6.07 Å². The molecule has 3 aliphatic rings. The van der Waals surface area contributed by atoms with Gasteiger partial charge in [0.05, 0.1) is 6.07 Å². The van der Waals surface area contributed by atoms with Gasteiger partial charge in [-0.05, 0) is 31.6 Å². The molecular weight excluding hydrogens is 230 g/mol. The summed E-state index contributed by atoms with van der Waals surface area (Å²) < 4.78 is 0. The van der Waals surface area contributed by atoms with E-state index in [9.17, 15) is 9.59 Å². The van der Waals surface area contributed by atoms with Gasteiger partial charge in [0.1, 0.15) is 5.41 Å². The first-order valence-corrected chi connectivity index (χ1v) is 6.65. The molecule has 2 atom stereocenters. The number of carbonyl (C=O) groups is 2. The highest BCUT2D eigenvalue weighted by atomic mass is 16.2. The highest BCUT2D eigenvalue weighted by Gasteiger charge is 2.53. The quantitative estimate of drug-likeness (QED) is 0.729. The second-order valence-electron chi connectivity index (χ2n) is 5.71. The van der Waals surface area contributed by atoms with Gasteiger partial charge in [-0.25, -0.2) is 0 Å². The summed E-state index contributed by atoms with van der Waals surface area (Å²) in [6.07, 6.45) is 3.67. The van der Waals surface area contributed by atoms with Crippen molar-refractivity contribution in [2.24, 2.45) is 11.3 Å². The van der Waals surface area contributed by atoms with Crippen LogP contribution in [0.15, 0.2) is 0 Å². The van der Waals surface area contributed by atoms with E-state index in [-0.39, 0.29) is 17.9 Å². The van der Waals surface area contributed by atoms with Crippen molar-refractivity contribution in [1.82, 2.24) is 10.2 Å². The van der Waals surface area contributed by atoms with Gasteiger partial charge in [0.25, 0.3) is 0 Å². The van der Waals surface area contributed by atoms with E-state index in [0.717, 1.165) is 12.8 Å². The second kappa shape index (κ2) is 3.98. The van der Waals surface area contributed by atoms with Crippen LogP contribution < -0.4 is 5.32 Å². The normalized spacial score (nSPS) is 33.1. The number of rotatable bonds is 1. The van der Waals surface area contributed by atoms with Crippen molar-refractivity contribution < 1.29 is 9.59 Å². The van der Waals surface area contributed by atoms with Gasteiger partial charge in [-0.15, -0.1) is 0 Å². The third-order valence-electron chi connectivity index (χ3n) is 4.48. The molecule has 3 rings (SSSR count). The zero-order valence-electron chi connectivity index (χ0n) is 10.3. The topological polar surface area (TPSA) is 73.2 Å². The summed E-state index contributed by atoms with van der Waals surface area (Å²) in [5, 5.41) is 12.1. The summed E-state index contributed by atoms with van der Waals surface area (Å²) in [7, 11) is 0. The zero-order valence-corrected chi connectivity index (χ0v) is 10.3. The van der Waals surface area contributed by atoms with Crippen molar-refractivity contribution in [3.05, 3.63) is 0 Å². The Hall–Kier alpha value is -1.57. The molecule has 1 aliphatic carbocycles. The summed E-state index contributed by atoms with van der Waals surface area (Å²) in [6, 6.07) is 2.40. The van der Waals surface area contributed by atoms with Gasteiger partial charge in [0.2, 0.25) is 11.8 Å². The molecule has 0 aromatic rings. The molecule has 2 unspecified atom stereocenters. The van der Waals surface area contributed by atoms with Crippen molar-refractivity contribution in [2.45, 2.75) is 38.1 Å². The maximum atomic E-state index is 12.3. The van der Waals surface area contributed by atoms with Gasteiger partial charge in [-0.2, -0.15) is 5.26 Å². The van der Waals surface area contributed by atoms with E-state index in [0.29, 0.717) is 38.3 Å². The number of hydrogen-bond donors (Lipinski definition) is 1. The maximum absolute atomic E-state index is 12.3. The number of carbonyl (C=O) groups excluding carboxylic acids is 2. The van der Waals surface area contributed by atoms with Crippen LogP contribution in [0, 0.1) is 22.7 Å². The fourth-order valence-electron chi connectivity index (χ4n) is 3.10. The van der Waals surface area contributed by atoms with Crippen molar-refractivity contribution in [3.63, 3.8) is 0 Å². The summed E-state index contributed by atoms with van der Waals surface area (Å²) in [5.41, 5.74) is -0.704. The van der Waals surface area contributed by atoms with Crippen LogP contribution in [-0.4, -0.2) is 35.8 Å². The van der Waals surface area contributed by atoms with Crippen LogP contribution in [0.1, 0.15) is 32.1 Å². The number of piperidine rings is 2. The lowest BCUT2D eigenvalue weighted by Gasteiger charge is -2.41. The van der Waals surface area contributed by atoms with Gasteiger partial charge in [0, 0.05) is 25.6 Å². The van der Waals surface area contributed by atoms with Crippen molar-refractivity contribution in [1.29, 1.82) is 5.26 Å². The van der Waals surface area contributed by atoms with E-state index >= 15 is 0 Å². The zero-order chi connectivity index (χ0) is 12.8. The Bertz CT molecular complexity index is 436. The molecule has 1 N–H and O–H groups in total. The second-order valence-corrected chi connectivity index (χ2v) is 5.71. The maximum Gasteiger partial charge on any atom is 0.243 e. The fraction of sp³-hybridized carbons (Fsp3) is 0.769. The lowest BCUT2D eigenvalue weighted by Crippen LogP contribution is -2.56. The largest absolute Gasteiger partial charge is 0.353 e. The molecule has 5 heteroatoms. The minimum atomic E-state index is -0.704. The smallest absolute Gasteiger partial charge is 0.243 e. The molecular formula is C13H17N3O2. The monoisotopic (exact) mass is 247 g/mol. The van der Waals surface area contributed by atoms with E-state index in [1.807, 2.05) is 4.90 Å². The van der Waals surface area contributed by atoms with Crippen LogP contribution >= 0.6 is 0 Å². The molecule has 0 spiro atoms. The first kappa shape index (κ1) is 11.5. The molecule has 2 saturated heterocycles. The van der Waals surface area contributed by atoms with Gasteiger partial charge in [-0.3, -0.25) is 9.59 Å². The number of hydrogen-bond acceptors (Lipinski definition) is 3. The lowest BCUT2D eigenvalue weighted by molar-refractivity contribution is -0.138. The van der Waals surface area contributed by atoms with E-state index in [1.54, 1.807) is 0 Å². The summed E-state index contributed by atoms with van der Waals surface area (Å²) in [4.78, 5) is 25.4. The highest BCUT2D eigenvalue weighted by molar-refractivity contribution is 5.88. The number of likely N-dealkylation sites (tertiary alicyclic amines) is 1. The number of nitrogens with zero attached hydrogens (tertiary/aromatic N) is 2. The van der Waals surface area contributed by atoms with Crippen LogP contribution in [0.4, 0.5) is 0 Å². The van der Waals surface area contributed by atoms with Gasteiger partial charge < -0.3 is 10.2 Å². The third kappa shape index (κ3) is 1.76. The average Bonchev–Trinajstić information content (AvgIpc) is 3.18. The van der Waals surface area contributed by atoms with Gasteiger partial charge in [0.15, 0.2) is 0 Å². The Balaban J connectivity index is 1.66. The van der Waals surface area contributed by atoms with Gasteiger partial charge in [-0.1, -0.05) is 0 Å². The SMILES string of the molecule is N#CC1(C(=O)N2CCC3NC(=O)CCC3C2)CC1. The highest BCUT2D eigenvalue weighted by Crippen LogP contribution is 2.47. The molecule has 0 aromatic heterocycles. The Morgan fingerprint density at radius 3 is 2.89 bits per heavy atom. The van der Waals surface area contributed by atoms with Crippen LogP contribution in [-0.2, 0) is 9.59 Å². The van der Waals surface area contributed by atoms with Crippen molar-refractivity contribution in [2.75, 3.05) is 13.1 Å². The molecule has 1 saturated carbocycles. The van der Waals surface area contributed by atoms with Crippen LogP contribution in [0.5, 0.6) is 0 Å². The van der Waals surface area contributed by atoms with E-state index in [4.69, 9.17) is 5.26 Å². The number of nitrogens with one attached hydrogen (secondary N) is 1. The summed E-state index contributed by atoms with van der Waals surface area (Å²) in [6.45, 7) is 1.37. The van der Waals surface area contributed by atoms with Crippen LogP contribution in [0.25, 0.3) is 0 Å². The van der Waals surface area contributed by atoms with E-state index in [2.05, 4.69) is 11.4 Å². The Labute approximate surface area is 106 Å². The van der Waals surface area contributed by atoms with Crippen LogP contribution in [0.3, 0.4) is 0 Å². The summed E-state index contributed by atoms with van der Waals surface area (Å²) in [5.74, 6) is 0.516. The number of amides is 2. The predicted octanol–water partition coefficient (Wildman–Crippen LogP) is 0.417. The molecule has 18 heavy (non-hydrogen) atoms. The minimum Gasteiger partial charge on any atom is -0.353 e. The average molecular weight is 247 g/mol. The third-order valence-corrected chi connectivity index (χ3v) is 4.48.